The number of unbranched alkanes of at least 4 members (excludes halogenated alkanes) is 4. The lowest BCUT2D eigenvalue weighted by molar-refractivity contribution is 0.546. The van der Waals surface area contributed by atoms with Crippen molar-refractivity contribution in [2.45, 2.75) is 69.6 Å². The number of nitrogens with one attached hydrogen (secondary N) is 6. The molecule has 6 N–H and O–H groups in total. The fraction of sp³-hybridized carbons (Fsp3) is 0.422. The Morgan fingerprint density at radius 3 is 0.945 bits per heavy atom. The molecule has 0 amide bonds. The van der Waals surface area contributed by atoms with Gasteiger partial charge in [0.1, 0.15) is 0 Å². The molecule has 6 nitrogen and oxygen atoms in total. The number of rotatable bonds is 26. The lowest BCUT2D eigenvalue weighted by atomic mass is 9.88. The van der Waals surface area contributed by atoms with Crippen molar-refractivity contribution in [2.75, 3.05) is 52.4 Å². The zero-order valence-corrected chi connectivity index (χ0v) is 35.6. The van der Waals surface area contributed by atoms with Gasteiger partial charge in [-0.2, -0.15) is 0 Å². The average molecular weight is 824 g/mol. The van der Waals surface area contributed by atoms with E-state index in [9.17, 15) is 0 Å². The van der Waals surface area contributed by atoms with Gasteiger partial charge in [-0.1, -0.05) is 141 Å². The first-order valence-corrected chi connectivity index (χ1v) is 20.7. The van der Waals surface area contributed by atoms with Gasteiger partial charge in [-0.3, -0.25) is 0 Å². The molecule has 0 aliphatic heterocycles. The van der Waals surface area contributed by atoms with Crippen molar-refractivity contribution in [3.8, 4) is 0 Å². The highest BCUT2D eigenvalue weighted by Gasteiger charge is 2.15. The van der Waals surface area contributed by atoms with Crippen LogP contribution in [0.3, 0.4) is 0 Å². The zero-order chi connectivity index (χ0) is 37.0. The van der Waals surface area contributed by atoms with Crippen LogP contribution in [0.4, 0.5) is 0 Å². The van der Waals surface area contributed by atoms with Gasteiger partial charge >= 0.3 is 0 Å². The number of hydrogen-bond donors (Lipinski definition) is 6. The maximum absolute atomic E-state index is 5.54. The Kier molecular flexibility index (Phi) is 26.9. The second kappa shape index (κ2) is 30.9. The van der Waals surface area contributed by atoms with E-state index in [1.54, 1.807) is 0 Å². The number of benzene rings is 4. The van der Waals surface area contributed by atoms with E-state index in [-0.39, 0.29) is 24.8 Å². The summed E-state index contributed by atoms with van der Waals surface area (Å²) in [6.45, 7) is 7.66. The highest BCUT2D eigenvalue weighted by atomic mass is 35.5. The SMILES string of the molecule is Cl.Cl.S=C(NCCCNCCCCCCCNCCCNC(=S)NCCC(c1ccccc1)c1ccccc1)NCCC(c1ccccc1)c1ccccc1. The first kappa shape index (κ1) is 47.9. The molecular weight excluding hydrogens is 760 g/mol. The summed E-state index contributed by atoms with van der Waals surface area (Å²) >= 11 is 11.1. The molecule has 0 aliphatic rings. The topological polar surface area (TPSA) is 72.2 Å². The van der Waals surface area contributed by atoms with Gasteiger partial charge in [0.05, 0.1) is 0 Å². The van der Waals surface area contributed by atoms with Gasteiger partial charge in [-0.25, -0.2) is 0 Å². The Hall–Kier alpha value is -3.24. The van der Waals surface area contributed by atoms with E-state index in [2.05, 4.69) is 153 Å². The van der Waals surface area contributed by atoms with Crippen LogP contribution >= 0.6 is 49.2 Å². The third kappa shape index (κ3) is 20.5. The summed E-state index contributed by atoms with van der Waals surface area (Å²) in [6, 6.07) is 43.0. The summed E-state index contributed by atoms with van der Waals surface area (Å²) in [6.07, 6.45) is 10.5. The summed E-state index contributed by atoms with van der Waals surface area (Å²) in [5.41, 5.74) is 5.37. The Morgan fingerprint density at radius 1 is 0.345 bits per heavy atom. The molecule has 0 spiro atoms. The minimum Gasteiger partial charge on any atom is -0.363 e. The molecular formula is C45H64Cl2N6S2. The average Bonchev–Trinajstić information content (AvgIpc) is 3.20. The normalized spacial score (nSPS) is 10.7. The Labute approximate surface area is 355 Å². The molecule has 0 bridgehead atoms. The number of thiocarbonyl (C=S) groups is 2. The smallest absolute Gasteiger partial charge is 0.166 e. The molecule has 0 saturated carbocycles. The molecule has 0 aromatic heterocycles. The van der Waals surface area contributed by atoms with E-state index < -0.39 is 0 Å². The van der Waals surface area contributed by atoms with Crippen LogP contribution in [0.25, 0.3) is 0 Å². The molecule has 0 atom stereocenters. The highest BCUT2D eigenvalue weighted by Crippen LogP contribution is 2.28. The predicted molar refractivity (Wildman–Crippen MR) is 248 cm³/mol. The lowest BCUT2D eigenvalue weighted by Crippen LogP contribution is -2.37. The van der Waals surface area contributed by atoms with E-state index >= 15 is 0 Å². The quantitative estimate of drug-likeness (QED) is 0.0277. The highest BCUT2D eigenvalue weighted by molar-refractivity contribution is 7.80. The minimum absolute atomic E-state index is 0. The molecule has 0 fully saturated rings. The van der Waals surface area contributed by atoms with Gasteiger partial charge in [0.25, 0.3) is 0 Å². The molecule has 0 heterocycles. The lowest BCUT2D eigenvalue weighted by Gasteiger charge is -2.19. The van der Waals surface area contributed by atoms with Gasteiger partial charge in [0, 0.05) is 38.0 Å². The van der Waals surface area contributed by atoms with Gasteiger partial charge < -0.3 is 31.9 Å². The Bertz CT molecular complexity index is 1330. The van der Waals surface area contributed by atoms with Crippen LogP contribution in [0, 0.1) is 0 Å². The van der Waals surface area contributed by atoms with E-state index in [4.69, 9.17) is 24.4 Å². The van der Waals surface area contributed by atoms with E-state index in [1.807, 2.05) is 0 Å². The summed E-state index contributed by atoms with van der Waals surface area (Å²) < 4.78 is 0. The number of hydrogen-bond acceptors (Lipinski definition) is 4. The fourth-order valence-corrected chi connectivity index (χ4v) is 7.10. The third-order valence-electron chi connectivity index (χ3n) is 9.58. The molecule has 55 heavy (non-hydrogen) atoms. The van der Waals surface area contributed by atoms with Gasteiger partial charge in [0.2, 0.25) is 0 Å². The Balaban J connectivity index is 0.00000523. The van der Waals surface area contributed by atoms with Crippen molar-refractivity contribution in [1.29, 1.82) is 0 Å². The third-order valence-corrected chi connectivity index (χ3v) is 10.2. The van der Waals surface area contributed by atoms with Crippen LogP contribution in [0.2, 0.25) is 0 Å². The molecule has 0 radical (unpaired) electrons. The minimum atomic E-state index is 0. The fourth-order valence-electron chi connectivity index (χ4n) is 6.69. The maximum atomic E-state index is 5.54. The van der Waals surface area contributed by atoms with Gasteiger partial charge in [-0.05, 0) is 111 Å². The standard InChI is InChI=1S/C45H62N6S2.2ClH/c52-44(50-36-28-42(38-20-8-4-9-21-38)39-22-10-5-11-23-39)48-34-18-32-46-30-16-2-1-3-17-31-47-33-19-35-49-45(53)51-37-29-43(40-24-12-6-13-25-40)41-26-14-7-15-27-41;;/h4-15,20-27,42-43,46-47H,1-3,16-19,28-37H2,(H2,48,50,52)(H2,49,51,53);2*1H. The van der Waals surface area contributed by atoms with E-state index in [0.717, 1.165) is 88.3 Å². The molecule has 4 aromatic rings. The molecule has 4 rings (SSSR count). The first-order valence-electron chi connectivity index (χ1n) is 19.9. The summed E-state index contributed by atoms with van der Waals surface area (Å²) in [4.78, 5) is 0. The zero-order valence-electron chi connectivity index (χ0n) is 32.4. The van der Waals surface area contributed by atoms with Crippen molar-refractivity contribution in [3.05, 3.63) is 144 Å². The van der Waals surface area contributed by atoms with Crippen LogP contribution in [0.5, 0.6) is 0 Å². The van der Waals surface area contributed by atoms with Crippen LogP contribution in [-0.2, 0) is 0 Å². The first-order chi connectivity index (χ1) is 26.2. The molecule has 0 unspecified atom stereocenters. The second-order valence-corrected chi connectivity index (χ2v) is 14.5. The van der Waals surface area contributed by atoms with Crippen LogP contribution < -0.4 is 31.9 Å². The Morgan fingerprint density at radius 2 is 0.618 bits per heavy atom. The second-order valence-electron chi connectivity index (χ2n) is 13.7. The van der Waals surface area contributed by atoms with Gasteiger partial charge in [-0.15, -0.1) is 24.8 Å². The van der Waals surface area contributed by atoms with Crippen molar-refractivity contribution in [3.63, 3.8) is 0 Å². The van der Waals surface area contributed by atoms with Crippen molar-refractivity contribution in [1.82, 2.24) is 31.9 Å². The van der Waals surface area contributed by atoms with Crippen LogP contribution in [0.1, 0.15) is 91.9 Å². The summed E-state index contributed by atoms with van der Waals surface area (Å²) in [5, 5.41) is 22.2. The van der Waals surface area contributed by atoms with Gasteiger partial charge in [0.15, 0.2) is 10.2 Å². The molecule has 10 heteroatoms. The van der Waals surface area contributed by atoms with Crippen LogP contribution in [0.15, 0.2) is 121 Å². The van der Waals surface area contributed by atoms with Crippen molar-refractivity contribution < 1.29 is 0 Å². The van der Waals surface area contributed by atoms with E-state index in [1.165, 1.54) is 54.4 Å². The van der Waals surface area contributed by atoms with E-state index in [0.29, 0.717) is 11.8 Å². The molecule has 4 aromatic carbocycles. The molecule has 300 valence electrons. The monoisotopic (exact) mass is 822 g/mol. The number of halogens is 2. The summed E-state index contributed by atoms with van der Waals surface area (Å²) in [5.74, 6) is 0.716. The molecule has 0 aliphatic carbocycles. The summed E-state index contributed by atoms with van der Waals surface area (Å²) in [7, 11) is 0. The van der Waals surface area contributed by atoms with Crippen LogP contribution in [-0.4, -0.2) is 62.6 Å². The molecule has 0 saturated heterocycles. The maximum Gasteiger partial charge on any atom is 0.166 e. The predicted octanol–water partition coefficient (Wildman–Crippen LogP) is 9.11. The largest absolute Gasteiger partial charge is 0.363 e. The van der Waals surface area contributed by atoms with Crippen molar-refractivity contribution >= 4 is 59.5 Å². The van der Waals surface area contributed by atoms with Crippen molar-refractivity contribution in [2.24, 2.45) is 0 Å².